The minimum Gasteiger partial charge on any atom is -0.391 e. The summed E-state index contributed by atoms with van der Waals surface area (Å²) in [5.41, 5.74) is -1.52. The Balaban J connectivity index is 2.25. The Labute approximate surface area is 126 Å². The van der Waals surface area contributed by atoms with E-state index in [1.807, 2.05) is 0 Å². The maximum absolute atomic E-state index is 13.2. The number of aromatic nitrogens is 2. The van der Waals surface area contributed by atoms with E-state index in [9.17, 15) is 23.1 Å². The van der Waals surface area contributed by atoms with Crippen molar-refractivity contribution in [2.24, 2.45) is 5.92 Å². The number of hydrogen-bond donors (Lipinski definition) is 1. The molecule has 1 aliphatic rings. The van der Waals surface area contributed by atoms with Crippen molar-refractivity contribution < 1.29 is 23.1 Å². The van der Waals surface area contributed by atoms with Gasteiger partial charge in [-0.3, -0.25) is 9.48 Å². The maximum atomic E-state index is 13.2. The van der Waals surface area contributed by atoms with E-state index in [4.69, 9.17) is 0 Å². The van der Waals surface area contributed by atoms with Gasteiger partial charge in [-0.2, -0.15) is 18.3 Å². The zero-order valence-electron chi connectivity index (χ0n) is 12.8. The zero-order valence-corrected chi connectivity index (χ0v) is 12.8. The molecule has 0 bridgehead atoms. The van der Waals surface area contributed by atoms with Gasteiger partial charge in [0, 0.05) is 19.6 Å². The molecule has 1 aromatic rings. The number of amides is 1. The average Bonchev–Trinajstić information content (AvgIpc) is 3.14. The third-order valence-corrected chi connectivity index (χ3v) is 3.76. The van der Waals surface area contributed by atoms with Crippen molar-refractivity contribution >= 4 is 5.91 Å². The highest BCUT2D eigenvalue weighted by Gasteiger charge is 2.41. The van der Waals surface area contributed by atoms with E-state index in [1.165, 1.54) is 7.05 Å². The number of likely N-dealkylation sites (N-methyl/N-ethyl adjacent to an activating group) is 1. The molecule has 1 unspecified atom stereocenters. The van der Waals surface area contributed by atoms with Crippen LogP contribution in [0.5, 0.6) is 0 Å². The molecular weight excluding hydrogens is 299 g/mol. The summed E-state index contributed by atoms with van der Waals surface area (Å²) in [7, 11) is 1.39. The summed E-state index contributed by atoms with van der Waals surface area (Å²) in [6.07, 6.45) is -2.62. The minimum atomic E-state index is -4.66. The number of nitrogens with zero attached hydrogens (tertiary/aromatic N) is 3. The fraction of sp³-hybridized carbons (Fsp3) is 0.714. The van der Waals surface area contributed by atoms with Gasteiger partial charge in [0.2, 0.25) is 0 Å². The van der Waals surface area contributed by atoms with Gasteiger partial charge in [0.15, 0.2) is 5.69 Å². The van der Waals surface area contributed by atoms with E-state index in [1.54, 1.807) is 13.8 Å². The number of aliphatic hydroxyl groups excluding tert-OH is 1. The predicted molar refractivity (Wildman–Crippen MR) is 73.3 cm³/mol. The molecule has 5 nitrogen and oxygen atoms in total. The number of carbonyl (C=O) groups excluding carboxylic acids is 1. The summed E-state index contributed by atoms with van der Waals surface area (Å²) in [4.78, 5) is 13.4. The first-order valence-electron chi connectivity index (χ1n) is 7.21. The van der Waals surface area contributed by atoms with Gasteiger partial charge in [0.05, 0.1) is 17.9 Å². The number of hydrogen-bond acceptors (Lipinski definition) is 3. The average molecular weight is 319 g/mol. The molecule has 8 heteroatoms. The van der Waals surface area contributed by atoms with Gasteiger partial charge in [-0.1, -0.05) is 0 Å². The number of carbonyl (C=O) groups is 1. The molecule has 1 aromatic heterocycles. The van der Waals surface area contributed by atoms with Crippen LogP contribution in [0.4, 0.5) is 13.2 Å². The van der Waals surface area contributed by atoms with Gasteiger partial charge in [-0.25, -0.2) is 0 Å². The third-order valence-electron chi connectivity index (χ3n) is 3.76. The van der Waals surface area contributed by atoms with E-state index in [2.05, 4.69) is 5.10 Å². The maximum Gasteiger partial charge on any atom is 0.433 e. The molecule has 1 atom stereocenters. The summed E-state index contributed by atoms with van der Waals surface area (Å²) in [5, 5.41) is 13.5. The lowest BCUT2D eigenvalue weighted by atomic mass is 10.1. The molecular formula is C14H20F3N3O2. The molecule has 2 rings (SSSR count). The Kier molecular flexibility index (Phi) is 4.51. The SMILES string of the molecule is CC(C)n1ncc(C(=O)N(C)CC(O)C2CC2)c1C(F)(F)F. The van der Waals surface area contributed by atoms with E-state index < -0.39 is 35.5 Å². The predicted octanol–water partition coefficient (Wildman–Crippen LogP) is 2.33. The summed E-state index contributed by atoms with van der Waals surface area (Å²) < 4.78 is 40.5. The van der Waals surface area contributed by atoms with Gasteiger partial charge in [0.1, 0.15) is 0 Å². The van der Waals surface area contributed by atoms with Crippen LogP contribution in [0.3, 0.4) is 0 Å². The molecule has 0 aliphatic heterocycles. The van der Waals surface area contributed by atoms with E-state index in [0.717, 1.165) is 28.6 Å². The highest BCUT2D eigenvalue weighted by atomic mass is 19.4. The Morgan fingerprint density at radius 1 is 1.50 bits per heavy atom. The van der Waals surface area contributed by atoms with Crippen molar-refractivity contribution in [3.63, 3.8) is 0 Å². The van der Waals surface area contributed by atoms with Crippen LogP contribution in [-0.4, -0.2) is 45.4 Å². The first-order valence-corrected chi connectivity index (χ1v) is 7.21. The standard InChI is InChI=1S/C14H20F3N3O2/c1-8(2)20-12(14(15,16)17)10(6-18-20)13(22)19(3)7-11(21)9-4-5-9/h6,8-9,11,21H,4-5,7H2,1-3H3. The van der Waals surface area contributed by atoms with Crippen molar-refractivity contribution in [3.05, 3.63) is 17.5 Å². The quantitative estimate of drug-likeness (QED) is 0.906. The number of rotatable bonds is 5. The van der Waals surface area contributed by atoms with E-state index in [0.29, 0.717) is 0 Å². The second-order valence-corrected chi connectivity index (χ2v) is 6.03. The van der Waals surface area contributed by atoms with Gasteiger partial charge < -0.3 is 10.0 Å². The highest BCUT2D eigenvalue weighted by Crippen LogP contribution is 2.35. The van der Waals surface area contributed by atoms with Gasteiger partial charge in [-0.15, -0.1) is 0 Å². The number of halogens is 3. The second-order valence-electron chi connectivity index (χ2n) is 6.03. The van der Waals surface area contributed by atoms with Crippen LogP contribution in [0, 0.1) is 5.92 Å². The summed E-state index contributed by atoms with van der Waals surface area (Å²) in [6.45, 7) is 3.15. The van der Waals surface area contributed by atoms with Crippen LogP contribution < -0.4 is 0 Å². The summed E-state index contributed by atoms with van der Waals surface area (Å²) in [6, 6.07) is -0.513. The van der Waals surface area contributed by atoms with Crippen LogP contribution in [0.2, 0.25) is 0 Å². The second kappa shape index (κ2) is 5.91. The van der Waals surface area contributed by atoms with Crippen molar-refractivity contribution in [2.75, 3.05) is 13.6 Å². The highest BCUT2D eigenvalue weighted by molar-refractivity contribution is 5.95. The Bertz CT molecular complexity index is 550. The lowest BCUT2D eigenvalue weighted by Gasteiger charge is -2.21. The van der Waals surface area contributed by atoms with Gasteiger partial charge >= 0.3 is 6.18 Å². The number of aliphatic hydroxyl groups is 1. The minimum absolute atomic E-state index is 0.0215. The van der Waals surface area contributed by atoms with E-state index >= 15 is 0 Å². The van der Waals surface area contributed by atoms with Crippen LogP contribution in [0.25, 0.3) is 0 Å². The van der Waals surface area contributed by atoms with Crippen LogP contribution in [0.1, 0.15) is 48.8 Å². The smallest absolute Gasteiger partial charge is 0.391 e. The molecule has 1 heterocycles. The lowest BCUT2D eigenvalue weighted by Crippen LogP contribution is -2.36. The molecule has 1 N–H and O–H groups in total. The molecule has 1 aliphatic carbocycles. The van der Waals surface area contributed by atoms with Crippen molar-refractivity contribution in [1.29, 1.82) is 0 Å². The number of alkyl halides is 3. The third kappa shape index (κ3) is 3.43. The van der Waals surface area contributed by atoms with Gasteiger partial charge in [-0.05, 0) is 32.6 Å². The summed E-state index contributed by atoms with van der Waals surface area (Å²) >= 11 is 0. The summed E-state index contributed by atoms with van der Waals surface area (Å²) in [5.74, 6) is -0.630. The van der Waals surface area contributed by atoms with E-state index in [-0.39, 0.29) is 12.5 Å². The lowest BCUT2D eigenvalue weighted by molar-refractivity contribution is -0.145. The zero-order chi connectivity index (χ0) is 16.7. The van der Waals surface area contributed by atoms with Crippen LogP contribution in [0.15, 0.2) is 6.20 Å². The monoisotopic (exact) mass is 319 g/mol. The Hall–Kier alpha value is -1.57. The van der Waals surface area contributed by atoms with Crippen molar-refractivity contribution in [1.82, 2.24) is 14.7 Å². The molecule has 0 aromatic carbocycles. The fourth-order valence-corrected chi connectivity index (χ4v) is 2.39. The molecule has 1 fully saturated rings. The Morgan fingerprint density at radius 2 is 2.09 bits per heavy atom. The molecule has 0 saturated heterocycles. The van der Waals surface area contributed by atoms with Crippen LogP contribution in [-0.2, 0) is 6.18 Å². The largest absolute Gasteiger partial charge is 0.433 e. The first-order chi connectivity index (χ1) is 10.1. The molecule has 124 valence electrons. The fourth-order valence-electron chi connectivity index (χ4n) is 2.39. The first kappa shape index (κ1) is 16.8. The molecule has 1 saturated carbocycles. The Morgan fingerprint density at radius 3 is 2.55 bits per heavy atom. The molecule has 0 spiro atoms. The van der Waals surface area contributed by atoms with Crippen LogP contribution >= 0.6 is 0 Å². The molecule has 1 amide bonds. The van der Waals surface area contributed by atoms with Crippen molar-refractivity contribution in [3.8, 4) is 0 Å². The molecule has 22 heavy (non-hydrogen) atoms. The normalized spacial score (nSPS) is 16.9. The molecule has 0 radical (unpaired) electrons. The topological polar surface area (TPSA) is 58.4 Å². The van der Waals surface area contributed by atoms with Crippen molar-refractivity contribution in [2.45, 2.75) is 45.0 Å². The van der Waals surface area contributed by atoms with Gasteiger partial charge in [0.25, 0.3) is 5.91 Å².